The maximum atomic E-state index is 9.40. The number of fused-ring (bicyclic) bond motifs is 7. The van der Waals surface area contributed by atoms with Crippen molar-refractivity contribution in [3.05, 3.63) is 157 Å². The highest BCUT2D eigenvalue weighted by molar-refractivity contribution is 6.24. The molecular weight excluding hydrogens is 520 g/mol. The minimum Gasteiger partial charge on any atom is -0.456 e. The van der Waals surface area contributed by atoms with Crippen molar-refractivity contribution in [2.45, 2.75) is 0 Å². The molecule has 43 heavy (non-hydrogen) atoms. The maximum Gasteiger partial charge on any atom is 0.136 e. The van der Waals surface area contributed by atoms with Gasteiger partial charge < -0.3 is 4.42 Å². The lowest BCUT2D eigenvalue weighted by atomic mass is 9.83. The number of benzene rings is 8. The fourth-order valence-corrected chi connectivity index (χ4v) is 5.93. The topological polar surface area (TPSA) is 13.1 Å². The fraction of sp³-hybridized carbons (Fsp3) is 0. The lowest BCUT2D eigenvalue weighted by Crippen LogP contribution is -1.92. The Morgan fingerprint density at radius 3 is 1.77 bits per heavy atom. The van der Waals surface area contributed by atoms with E-state index >= 15 is 0 Å². The third kappa shape index (κ3) is 3.65. The quantitative estimate of drug-likeness (QED) is 0.195. The molecule has 0 aliphatic carbocycles. The molecule has 0 fully saturated rings. The lowest BCUT2D eigenvalue weighted by Gasteiger charge is -2.19. The largest absolute Gasteiger partial charge is 0.456 e. The van der Waals surface area contributed by atoms with Crippen LogP contribution < -0.4 is 0 Å². The minimum atomic E-state index is -0.860. The zero-order valence-corrected chi connectivity index (χ0v) is 22.1. The van der Waals surface area contributed by atoms with Crippen molar-refractivity contribution >= 4 is 54.3 Å². The first kappa shape index (κ1) is 12.7. The zero-order chi connectivity index (χ0) is 43.1. The zero-order valence-electron chi connectivity index (χ0n) is 39.1. The van der Waals surface area contributed by atoms with Crippen LogP contribution in [0.5, 0.6) is 0 Å². The standard InChI is InChI=1S/C42H26O/c1-2-12-27(13-3-1)30-15-6-7-17-32(30)41-35-20-10-8-18-33(35)40(34-19-9-11-21-36(34)41)29-23-24-38-37(26-29)42-31-16-5-4-14-28(31)22-25-39(42)43-38/h1-26H/i1D,2D,3D,6D,7D,8D,9D,10D,11D,12D,13D,15D,17D,18D,19D,20D,21D. The van der Waals surface area contributed by atoms with Crippen LogP contribution in [0, 0.1) is 0 Å². The normalized spacial score (nSPS) is 17.3. The molecule has 1 aromatic heterocycles. The molecule has 9 aromatic rings. The van der Waals surface area contributed by atoms with E-state index in [1.165, 1.54) is 0 Å². The van der Waals surface area contributed by atoms with E-state index in [9.17, 15) is 6.85 Å². The molecule has 0 aliphatic heterocycles. The Kier molecular flexibility index (Phi) is 2.79. The van der Waals surface area contributed by atoms with Crippen molar-refractivity contribution in [2.24, 2.45) is 0 Å². The Morgan fingerprint density at radius 2 is 1.02 bits per heavy atom. The number of hydrogen-bond acceptors (Lipinski definition) is 1. The Morgan fingerprint density at radius 1 is 0.419 bits per heavy atom. The van der Waals surface area contributed by atoms with E-state index in [0.717, 1.165) is 16.2 Å². The summed E-state index contributed by atoms with van der Waals surface area (Å²) in [6.45, 7) is 0. The molecule has 9 rings (SSSR count). The summed E-state index contributed by atoms with van der Waals surface area (Å²) in [4.78, 5) is 0. The summed E-state index contributed by atoms with van der Waals surface area (Å²) in [7, 11) is 0. The molecule has 1 heterocycles. The second kappa shape index (κ2) is 9.44. The van der Waals surface area contributed by atoms with Gasteiger partial charge in [0.15, 0.2) is 0 Å². The van der Waals surface area contributed by atoms with Crippen LogP contribution in [0.25, 0.3) is 87.6 Å². The molecule has 0 radical (unpaired) electrons. The SMILES string of the molecule is [2H]c1c([2H])c([2H])c(-c2c([2H])c([2H])c([2H])c([2H])c2-c2c3c([2H])c([2H])c([2H])c([2H])c3c(-c3ccc4oc5ccc6ccccc6c5c4c3)c3c([2H])c([2H])c([2H])c([2H])c23)c([2H])c1[2H]. The number of furan rings is 1. The summed E-state index contributed by atoms with van der Waals surface area (Å²) < 4.78 is 158. The van der Waals surface area contributed by atoms with Gasteiger partial charge in [-0.2, -0.15) is 0 Å². The first-order valence-electron chi connectivity index (χ1n) is 21.9. The van der Waals surface area contributed by atoms with E-state index < -0.39 is 136 Å². The molecule has 0 spiro atoms. The van der Waals surface area contributed by atoms with Crippen LogP contribution >= 0.6 is 0 Å². The van der Waals surface area contributed by atoms with Gasteiger partial charge in [0, 0.05) is 10.8 Å². The van der Waals surface area contributed by atoms with Crippen LogP contribution in [0.2, 0.25) is 0 Å². The van der Waals surface area contributed by atoms with Gasteiger partial charge in [-0.1, -0.05) is 139 Å². The first-order valence-corrected chi connectivity index (χ1v) is 13.4. The monoisotopic (exact) mass is 563 g/mol. The molecule has 0 aliphatic rings. The van der Waals surface area contributed by atoms with Crippen LogP contribution in [-0.4, -0.2) is 0 Å². The molecule has 1 heteroatoms. The van der Waals surface area contributed by atoms with Gasteiger partial charge in [0.05, 0.1) is 23.3 Å². The van der Waals surface area contributed by atoms with Crippen LogP contribution in [-0.2, 0) is 0 Å². The Balaban J connectivity index is 1.59. The first-order chi connectivity index (χ1) is 28.4. The molecule has 1 nitrogen and oxygen atoms in total. The Bertz CT molecular complexity index is 3350. The van der Waals surface area contributed by atoms with Crippen LogP contribution in [0.4, 0.5) is 0 Å². The molecule has 0 saturated carbocycles. The highest BCUT2D eigenvalue weighted by Crippen LogP contribution is 2.47. The van der Waals surface area contributed by atoms with Gasteiger partial charge in [-0.15, -0.1) is 0 Å². The Labute approximate surface area is 273 Å². The van der Waals surface area contributed by atoms with E-state index in [-0.39, 0.29) is 21.9 Å². The molecule has 0 atom stereocenters. The van der Waals surface area contributed by atoms with E-state index in [0.29, 0.717) is 16.6 Å². The maximum absolute atomic E-state index is 9.40. The predicted octanol–water partition coefficient (Wildman–Crippen LogP) is 12.0. The van der Waals surface area contributed by atoms with Crippen LogP contribution in [0.15, 0.2) is 162 Å². The van der Waals surface area contributed by atoms with Crippen molar-refractivity contribution in [3.8, 4) is 33.4 Å². The molecule has 0 amide bonds. The summed E-state index contributed by atoms with van der Waals surface area (Å²) in [5.41, 5.74) is -1.13. The average molecular weight is 564 g/mol. The highest BCUT2D eigenvalue weighted by atomic mass is 16.3. The van der Waals surface area contributed by atoms with Crippen molar-refractivity contribution in [2.75, 3.05) is 0 Å². The average Bonchev–Trinajstić information content (AvgIpc) is 3.63. The molecule has 0 saturated heterocycles. The van der Waals surface area contributed by atoms with Crippen molar-refractivity contribution in [1.29, 1.82) is 0 Å². The molecule has 0 unspecified atom stereocenters. The molecule has 0 N–H and O–H groups in total. The van der Waals surface area contributed by atoms with Crippen molar-refractivity contribution in [3.63, 3.8) is 0 Å². The smallest absolute Gasteiger partial charge is 0.136 e. The summed E-state index contributed by atoms with van der Waals surface area (Å²) in [5, 5.41) is 1.76. The van der Waals surface area contributed by atoms with Crippen molar-refractivity contribution in [1.82, 2.24) is 0 Å². The fourth-order valence-electron chi connectivity index (χ4n) is 5.93. The summed E-state index contributed by atoms with van der Waals surface area (Å²) in [6.07, 6.45) is 0. The van der Waals surface area contributed by atoms with Crippen molar-refractivity contribution < 1.29 is 27.7 Å². The second-order valence-corrected chi connectivity index (χ2v) is 9.97. The molecule has 8 aromatic carbocycles. The Hall–Kier alpha value is -5.66. The second-order valence-electron chi connectivity index (χ2n) is 9.97. The van der Waals surface area contributed by atoms with Crippen LogP contribution in [0.1, 0.15) is 23.3 Å². The van der Waals surface area contributed by atoms with Gasteiger partial charge in [-0.25, -0.2) is 0 Å². The molecule has 200 valence electrons. The van der Waals surface area contributed by atoms with E-state index in [1.54, 1.807) is 18.2 Å². The van der Waals surface area contributed by atoms with Gasteiger partial charge in [-0.3, -0.25) is 0 Å². The van der Waals surface area contributed by atoms with E-state index in [1.807, 2.05) is 36.4 Å². The van der Waals surface area contributed by atoms with Gasteiger partial charge in [-0.05, 0) is 83.9 Å². The van der Waals surface area contributed by atoms with Gasteiger partial charge >= 0.3 is 0 Å². The predicted molar refractivity (Wildman–Crippen MR) is 183 cm³/mol. The summed E-state index contributed by atoms with van der Waals surface area (Å²) >= 11 is 0. The van der Waals surface area contributed by atoms with Gasteiger partial charge in [0.1, 0.15) is 11.2 Å². The number of rotatable bonds is 3. The highest BCUT2D eigenvalue weighted by Gasteiger charge is 2.20. The third-order valence-corrected chi connectivity index (χ3v) is 7.71. The van der Waals surface area contributed by atoms with E-state index in [2.05, 4.69) is 0 Å². The van der Waals surface area contributed by atoms with Gasteiger partial charge in [0.2, 0.25) is 0 Å². The number of hydrogen-bond donors (Lipinski definition) is 0. The summed E-state index contributed by atoms with van der Waals surface area (Å²) in [6, 6.07) is 3.06. The molecule has 0 bridgehead atoms. The summed E-state index contributed by atoms with van der Waals surface area (Å²) in [5.74, 6) is 0. The lowest BCUT2D eigenvalue weighted by molar-refractivity contribution is 0.669. The van der Waals surface area contributed by atoms with Gasteiger partial charge in [0.25, 0.3) is 0 Å². The van der Waals surface area contributed by atoms with Crippen LogP contribution in [0.3, 0.4) is 0 Å². The third-order valence-electron chi connectivity index (χ3n) is 7.71. The minimum absolute atomic E-state index is 0.0376. The molecular formula is C42H26O. The van der Waals surface area contributed by atoms with E-state index in [4.69, 9.17) is 20.9 Å².